The number of methoxy groups -OCH3 is 1. The highest BCUT2D eigenvalue weighted by Crippen LogP contribution is 2.28. The number of nitrogens with zero attached hydrogens (tertiary/aromatic N) is 2. The number of nitrogens with one attached hydrogen (secondary N) is 2. The number of hydrogen-bond donors (Lipinski definition) is 2. The molecule has 2 aromatic rings. The number of ether oxygens (including phenoxy) is 2. The smallest absolute Gasteiger partial charge is 0.338 e. The molecule has 2 aromatic carbocycles. The average Bonchev–Trinajstić information content (AvgIpc) is 2.85. The highest BCUT2D eigenvalue weighted by atomic mass is 16.5. The minimum absolute atomic E-state index is 0.269. The lowest BCUT2D eigenvalue weighted by Gasteiger charge is -2.38. The van der Waals surface area contributed by atoms with E-state index >= 15 is 0 Å². The summed E-state index contributed by atoms with van der Waals surface area (Å²) in [5.74, 6) is 0.427. The van der Waals surface area contributed by atoms with Crippen LogP contribution in [0.25, 0.3) is 0 Å². The van der Waals surface area contributed by atoms with E-state index in [2.05, 4.69) is 32.6 Å². The SMILES string of the molecule is CCOC(=O)C1=C(CN2CCN(c3ccc(OC)cc3)CC2)NC(=O)N[C@H]1c1ccccc1. The number of anilines is 1. The van der Waals surface area contributed by atoms with Crippen LogP contribution in [0.2, 0.25) is 0 Å². The third-order valence-electron chi connectivity index (χ3n) is 5.97. The quantitative estimate of drug-likeness (QED) is 0.631. The van der Waals surface area contributed by atoms with Gasteiger partial charge in [0.25, 0.3) is 0 Å². The van der Waals surface area contributed by atoms with Crippen LogP contribution in [0.1, 0.15) is 18.5 Å². The van der Waals surface area contributed by atoms with Crippen LogP contribution in [0, 0.1) is 0 Å². The van der Waals surface area contributed by atoms with Gasteiger partial charge in [-0.2, -0.15) is 0 Å². The molecule has 2 amide bonds. The number of carbonyl (C=O) groups is 2. The molecule has 0 radical (unpaired) electrons. The Balaban J connectivity index is 1.51. The number of benzene rings is 2. The van der Waals surface area contributed by atoms with Gasteiger partial charge in [0.1, 0.15) is 5.75 Å². The number of urea groups is 1. The molecule has 1 atom stereocenters. The van der Waals surface area contributed by atoms with Gasteiger partial charge < -0.3 is 25.0 Å². The van der Waals surface area contributed by atoms with Gasteiger partial charge in [0.05, 0.1) is 25.3 Å². The Morgan fingerprint density at radius 1 is 1.03 bits per heavy atom. The molecule has 0 saturated carbocycles. The molecule has 0 unspecified atom stereocenters. The second-order valence-electron chi connectivity index (χ2n) is 8.02. The van der Waals surface area contributed by atoms with E-state index in [0.717, 1.165) is 43.2 Å². The van der Waals surface area contributed by atoms with Crippen LogP contribution in [0.15, 0.2) is 65.9 Å². The lowest BCUT2D eigenvalue weighted by atomic mass is 9.95. The highest BCUT2D eigenvalue weighted by Gasteiger charge is 2.34. The number of piperazine rings is 1. The van der Waals surface area contributed by atoms with Crippen molar-refractivity contribution in [1.29, 1.82) is 0 Å². The highest BCUT2D eigenvalue weighted by molar-refractivity contribution is 5.95. The maximum Gasteiger partial charge on any atom is 0.338 e. The van der Waals surface area contributed by atoms with Gasteiger partial charge in [-0.3, -0.25) is 4.90 Å². The zero-order valence-corrected chi connectivity index (χ0v) is 19.0. The molecule has 0 spiro atoms. The first kappa shape index (κ1) is 22.7. The van der Waals surface area contributed by atoms with Crippen molar-refractivity contribution in [2.24, 2.45) is 0 Å². The summed E-state index contributed by atoms with van der Waals surface area (Å²) in [4.78, 5) is 30.0. The molecule has 8 nitrogen and oxygen atoms in total. The van der Waals surface area contributed by atoms with Gasteiger partial charge in [-0.1, -0.05) is 30.3 Å². The van der Waals surface area contributed by atoms with E-state index in [0.29, 0.717) is 17.8 Å². The Hall–Kier alpha value is -3.52. The van der Waals surface area contributed by atoms with Gasteiger partial charge in [0.15, 0.2) is 0 Å². The van der Waals surface area contributed by atoms with E-state index in [-0.39, 0.29) is 12.6 Å². The molecule has 0 bridgehead atoms. The summed E-state index contributed by atoms with van der Waals surface area (Å²) in [6.07, 6.45) is 0. The van der Waals surface area contributed by atoms with E-state index in [1.165, 1.54) is 0 Å². The van der Waals surface area contributed by atoms with Gasteiger partial charge in [0, 0.05) is 44.1 Å². The van der Waals surface area contributed by atoms with Crippen molar-refractivity contribution < 1.29 is 19.1 Å². The standard InChI is InChI=1S/C25H30N4O4/c1-3-33-24(30)22-21(26-25(31)27-23(22)18-7-5-4-6-8-18)17-28-13-15-29(16-14-28)19-9-11-20(32-2)12-10-19/h4-12,23H,3,13-17H2,1-2H3,(H2,26,27,31)/t23-/m0/s1. The van der Waals surface area contributed by atoms with Crippen molar-refractivity contribution in [3.63, 3.8) is 0 Å². The Morgan fingerprint density at radius 2 is 1.73 bits per heavy atom. The first-order valence-corrected chi connectivity index (χ1v) is 11.2. The van der Waals surface area contributed by atoms with Crippen molar-refractivity contribution >= 4 is 17.7 Å². The minimum atomic E-state index is -0.547. The van der Waals surface area contributed by atoms with Gasteiger partial charge in [-0.25, -0.2) is 9.59 Å². The molecule has 0 aliphatic carbocycles. The van der Waals surface area contributed by atoms with E-state index in [1.807, 2.05) is 42.5 Å². The molecule has 1 saturated heterocycles. The van der Waals surface area contributed by atoms with Gasteiger partial charge in [-0.15, -0.1) is 0 Å². The molecule has 33 heavy (non-hydrogen) atoms. The molecular weight excluding hydrogens is 420 g/mol. The molecule has 2 aliphatic rings. The zero-order chi connectivity index (χ0) is 23.2. The van der Waals surface area contributed by atoms with E-state index in [1.54, 1.807) is 14.0 Å². The Labute approximate surface area is 194 Å². The summed E-state index contributed by atoms with van der Waals surface area (Å²) in [7, 11) is 1.66. The van der Waals surface area contributed by atoms with Crippen LogP contribution >= 0.6 is 0 Å². The first-order chi connectivity index (χ1) is 16.1. The molecule has 4 rings (SSSR count). The monoisotopic (exact) mass is 450 g/mol. The lowest BCUT2D eigenvalue weighted by molar-refractivity contribution is -0.139. The molecule has 2 heterocycles. The van der Waals surface area contributed by atoms with Crippen molar-refractivity contribution in [3.8, 4) is 5.75 Å². The molecule has 174 valence electrons. The number of amides is 2. The summed E-state index contributed by atoms with van der Waals surface area (Å²) in [5.41, 5.74) is 3.06. The predicted molar refractivity (Wildman–Crippen MR) is 126 cm³/mol. The third-order valence-corrected chi connectivity index (χ3v) is 5.97. The molecule has 8 heteroatoms. The lowest BCUT2D eigenvalue weighted by Crippen LogP contribution is -2.51. The molecule has 2 N–H and O–H groups in total. The van der Waals surface area contributed by atoms with E-state index in [4.69, 9.17) is 9.47 Å². The van der Waals surface area contributed by atoms with E-state index < -0.39 is 12.0 Å². The topological polar surface area (TPSA) is 83.1 Å². The first-order valence-electron chi connectivity index (χ1n) is 11.2. The average molecular weight is 451 g/mol. The molecule has 1 fully saturated rings. The van der Waals surface area contributed by atoms with Crippen molar-refractivity contribution in [2.75, 3.05) is 51.3 Å². The van der Waals surface area contributed by atoms with Crippen molar-refractivity contribution in [3.05, 3.63) is 71.4 Å². The fourth-order valence-electron chi connectivity index (χ4n) is 4.27. The number of hydrogen-bond acceptors (Lipinski definition) is 6. The third kappa shape index (κ3) is 5.28. The summed E-state index contributed by atoms with van der Waals surface area (Å²) in [5, 5.41) is 5.75. The predicted octanol–water partition coefficient (Wildman–Crippen LogP) is 2.69. The fraction of sp³-hybridized carbons (Fsp3) is 0.360. The Kier molecular flexibility index (Phi) is 7.14. The number of rotatable bonds is 7. The number of carbonyl (C=O) groups excluding carboxylic acids is 2. The number of esters is 1. The summed E-state index contributed by atoms with van der Waals surface area (Å²) >= 11 is 0. The zero-order valence-electron chi connectivity index (χ0n) is 19.0. The molecule has 2 aliphatic heterocycles. The second-order valence-corrected chi connectivity index (χ2v) is 8.02. The van der Waals surface area contributed by atoms with Crippen LogP contribution in [0.3, 0.4) is 0 Å². The van der Waals surface area contributed by atoms with Gasteiger partial charge >= 0.3 is 12.0 Å². The van der Waals surface area contributed by atoms with Crippen LogP contribution in [-0.2, 0) is 9.53 Å². The fourth-order valence-corrected chi connectivity index (χ4v) is 4.27. The molecule has 0 aromatic heterocycles. The van der Waals surface area contributed by atoms with E-state index in [9.17, 15) is 9.59 Å². The van der Waals surface area contributed by atoms with Crippen LogP contribution in [0.5, 0.6) is 5.75 Å². The Morgan fingerprint density at radius 3 is 2.36 bits per heavy atom. The van der Waals surface area contributed by atoms with Gasteiger partial charge in [-0.05, 0) is 36.8 Å². The summed E-state index contributed by atoms with van der Waals surface area (Å²) < 4.78 is 10.6. The van der Waals surface area contributed by atoms with Crippen LogP contribution in [-0.4, -0.2) is 63.3 Å². The maximum absolute atomic E-state index is 12.9. The minimum Gasteiger partial charge on any atom is -0.497 e. The largest absolute Gasteiger partial charge is 0.497 e. The molecular formula is C25H30N4O4. The van der Waals surface area contributed by atoms with Crippen LogP contribution < -0.4 is 20.3 Å². The van der Waals surface area contributed by atoms with Crippen molar-refractivity contribution in [1.82, 2.24) is 15.5 Å². The normalized spacial score (nSPS) is 19.0. The Bertz CT molecular complexity index is 999. The van der Waals surface area contributed by atoms with Gasteiger partial charge in [0.2, 0.25) is 0 Å². The van der Waals surface area contributed by atoms with Crippen LogP contribution in [0.4, 0.5) is 10.5 Å². The summed E-state index contributed by atoms with van der Waals surface area (Å²) in [6.45, 7) is 5.84. The second kappa shape index (κ2) is 10.4. The summed E-state index contributed by atoms with van der Waals surface area (Å²) in [6, 6.07) is 16.7. The maximum atomic E-state index is 12.9. The van der Waals surface area contributed by atoms with Crippen molar-refractivity contribution in [2.45, 2.75) is 13.0 Å².